The van der Waals surface area contributed by atoms with Crippen molar-refractivity contribution < 1.29 is 34.8 Å². The van der Waals surface area contributed by atoms with Crippen molar-refractivity contribution in [2.45, 2.75) is 11.1 Å². The number of aromatic nitrogens is 1. The number of hydrogen-bond acceptors (Lipinski definition) is 6. The van der Waals surface area contributed by atoms with Crippen LogP contribution in [0, 0.1) is 0 Å². The molecule has 9 nitrogen and oxygen atoms in total. The Kier molecular flexibility index (Phi) is 7.81. The number of anilines is 3. The van der Waals surface area contributed by atoms with E-state index in [1.54, 1.807) is 12.1 Å². The molecule has 0 radical (unpaired) electrons. The van der Waals surface area contributed by atoms with Gasteiger partial charge in [0.05, 0.1) is 27.4 Å². The summed E-state index contributed by atoms with van der Waals surface area (Å²) < 4.78 is 91.7. The van der Waals surface area contributed by atoms with Crippen molar-refractivity contribution in [3.63, 3.8) is 0 Å². The maximum atomic E-state index is 13.2. The number of benzene rings is 2. The first-order valence-electron chi connectivity index (χ1n) is 9.85. The van der Waals surface area contributed by atoms with Crippen LogP contribution in [-0.2, 0) is 31.0 Å². The van der Waals surface area contributed by atoms with Gasteiger partial charge >= 0.3 is 6.18 Å². The molecule has 2 aromatic carbocycles. The number of carbonyl (C=O) groups is 1. The fourth-order valence-electron chi connectivity index (χ4n) is 2.95. The monoisotopic (exact) mass is 562 g/mol. The first-order chi connectivity index (χ1) is 16.7. The lowest BCUT2D eigenvalue weighted by Gasteiger charge is -2.23. The number of pyridine rings is 1. The Morgan fingerprint density at radius 2 is 1.69 bits per heavy atom. The summed E-state index contributed by atoms with van der Waals surface area (Å²) in [7, 11) is -8.14. The van der Waals surface area contributed by atoms with Gasteiger partial charge in [0.1, 0.15) is 12.4 Å². The van der Waals surface area contributed by atoms with Gasteiger partial charge in [-0.2, -0.15) is 13.2 Å². The fraction of sp³-hybridized carbons (Fsp3) is 0.143. The quantitative estimate of drug-likeness (QED) is 0.428. The molecule has 0 aliphatic carbocycles. The van der Waals surface area contributed by atoms with E-state index in [0.717, 1.165) is 18.4 Å². The normalized spacial score (nSPS) is 12.1. The first kappa shape index (κ1) is 27.2. The second kappa shape index (κ2) is 10.3. The van der Waals surface area contributed by atoms with Crippen molar-refractivity contribution >= 4 is 54.7 Å². The predicted octanol–water partition coefficient (Wildman–Crippen LogP) is 3.96. The number of carbonyl (C=O) groups excluding carboxylic acids is 1. The summed E-state index contributed by atoms with van der Waals surface area (Å²) in [6.07, 6.45) is -2.70. The highest BCUT2D eigenvalue weighted by molar-refractivity contribution is 7.92. The smallest absolute Gasteiger partial charge is 0.325 e. The summed E-state index contributed by atoms with van der Waals surface area (Å²) in [4.78, 5) is 16.2. The van der Waals surface area contributed by atoms with E-state index in [1.807, 2.05) is 0 Å². The first-order valence-corrected chi connectivity index (χ1v) is 13.6. The molecule has 0 aliphatic rings. The van der Waals surface area contributed by atoms with Gasteiger partial charge in [0.25, 0.3) is 10.0 Å². The number of sulfonamides is 2. The Morgan fingerprint density at radius 1 is 1.03 bits per heavy atom. The zero-order chi connectivity index (χ0) is 26.7. The predicted molar refractivity (Wildman–Crippen MR) is 129 cm³/mol. The van der Waals surface area contributed by atoms with Crippen LogP contribution >= 0.6 is 11.6 Å². The molecule has 0 aliphatic heterocycles. The van der Waals surface area contributed by atoms with E-state index in [0.29, 0.717) is 10.4 Å². The van der Waals surface area contributed by atoms with E-state index in [4.69, 9.17) is 11.6 Å². The molecule has 1 aromatic heterocycles. The molecule has 0 atom stereocenters. The molecule has 0 saturated carbocycles. The number of hydrogen-bond donors (Lipinski definition) is 2. The lowest BCUT2D eigenvalue weighted by atomic mass is 10.2. The molecule has 0 fully saturated rings. The summed E-state index contributed by atoms with van der Waals surface area (Å²) in [5.41, 5.74) is -1.55. The van der Waals surface area contributed by atoms with Crippen LogP contribution in [0.5, 0.6) is 0 Å². The van der Waals surface area contributed by atoms with E-state index in [1.165, 1.54) is 36.5 Å². The maximum absolute atomic E-state index is 13.2. The van der Waals surface area contributed by atoms with Crippen LogP contribution in [-0.4, -0.2) is 40.5 Å². The third-order valence-corrected chi connectivity index (χ3v) is 7.42. The highest BCUT2D eigenvalue weighted by atomic mass is 35.5. The molecule has 0 bridgehead atoms. The fourth-order valence-corrected chi connectivity index (χ4v) is 5.04. The van der Waals surface area contributed by atoms with Gasteiger partial charge < -0.3 is 5.32 Å². The molecule has 36 heavy (non-hydrogen) atoms. The maximum Gasteiger partial charge on any atom is 0.417 e. The summed E-state index contributed by atoms with van der Waals surface area (Å²) in [5.74, 6) is -0.780. The number of halogens is 4. The van der Waals surface area contributed by atoms with E-state index in [-0.39, 0.29) is 16.4 Å². The van der Waals surface area contributed by atoms with Crippen LogP contribution < -0.4 is 14.3 Å². The average molecular weight is 563 g/mol. The molecule has 15 heteroatoms. The number of nitrogens with one attached hydrogen (secondary N) is 2. The summed E-state index contributed by atoms with van der Waals surface area (Å²) in [6.45, 7) is -0.848. The highest BCUT2D eigenvalue weighted by Gasteiger charge is 2.34. The molecular formula is C21H18ClF3N4O5S2. The number of amides is 1. The summed E-state index contributed by atoms with van der Waals surface area (Å²) in [5, 5.41) is 1.75. The standard InChI is InChI=1S/C21H18ClF3N4O5S2/c1-35(31,32)29(15-7-10-18(22)17(12-15)21(23,24)25)13-20(30)27-14-5-8-16(9-6-14)36(33,34)28-19-4-2-3-11-26-19/h2-12H,13H2,1H3,(H,26,28)(H,27,30). The average Bonchev–Trinajstić information content (AvgIpc) is 2.77. The minimum Gasteiger partial charge on any atom is -0.325 e. The molecule has 0 spiro atoms. The van der Waals surface area contributed by atoms with Crippen LogP contribution in [0.3, 0.4) is 0 Å². The number of alkyl halides is 3. The van der Waals surface area contributed by atoms with Crippen molar-refractivity contribution in [3.05, 3.63) is 77.4 Å². The van der Waals surface area contributed by atoms with Crippen LogP contribution in [0.25, 0.3) is 0 Å². The largest absolute Gasteiger partial charge is 0.417 e. The topological polar surface area (TPSA) is 126 Å². The second-order valence-electron chi connectivity index (χ2n) is 7.32. The van der Waals surface area contributed by atoms with Crippen LogP contribution in [0.15, 0.2) is 71.8 Å². The van der Waals surface area contributed by atoms with Crippen LogP contribution in [0.1, 0.15) is 5.56 Å². The summed E-state index contributed by atoms with van der Waals surface area (Å²) in [6, 6.07) is 12.0. The van der Waals surface area contributed by atoms with Crippen molar-refractivity contribution in [2.24, 2.45) is 0 Å². The third kappa shape index (κ3) is 6.86. The van der Waals surface area contributed by atoms with Crippen molar-refractivity contribution in [1.29, 1.82) is 0 Å². The molecule has 3 rings (SSSR count). The van der Waals surface area contributed by atoms with Gasteiger partial charge in [0.15, 0.2) is 0 Å². The lowest BCUT2D eigenvalue weighted by Crippen LogP contribution is -2.37. The minimum absolute atomic E-state index is 0.103. The van der Waals surface area contributed by atoms with E-state index in [2.05, 4.69) is 15.0 Å². The van der Waals surface area contributed by atoms with E-state index >= 15 is 0 Å². The SMILES string of the molecule is CS(=O)(=O)N(CC(=O)Nc1ccc(S(=O)(=O)Nc2ccccn2)cc1)c1ccc(Cl)c(C(F)(F)F)c1. The van der Waals surface area contributed by atoms with Gasteiger partial charge in [0, 0.05) is 11.9 Å². The van der Waals surface area contributed by atoms with Gasteiger partial charge in [-0.1, -0.05) is 17.7 Å². The minimum atomic E-state index is -4.84. The molecule has 0 unspecified atom stereocenters. The van der Waals surface area contributed by atoms with Crippen molar-refractivity contribution in [3.8, 4) is 0 Å². The molecule has 0 saturated heterocycles. The van der Waals surface area contributed by atoms with Crippen LogP contribution in [0.4, 0.5) is 30.4 Å². The van der Waals surface area contributed by atoms with Gasteiger partial charge in [-0.05, 0) is 54.6 Å². The van der Waals surface area contributed by atoms with E-state index < -0.39 is 54.9 Å². The third-order valence-electron chi connectivity index (χ3n) is 4.58. The molecular weight excluding hydrogens is 545 g/mol. The van der Waals surface area contributed by atoms with Gasteiger partial charge in [-0.25, -0.2) is 21.8 Å². The Morgan fingerprint density at radius 3 is 2.25 bits per heavy atom. The zero-order valence-electron chi connectivity index (χ0n) is 18.3. The zero-order valence-corrected chi connectivity index (χ0v) is 20.7. The lowest BCUT2D eigenvalue weighted by molar-refractivity contribution is -0.137. The van der Waals surface area contributed by atoms with Gasteiger partial charge in [-0.15, -0.1) is 0 Å². The summed E-state index contributed by atoms with van der Waals surface area (Å²) >= 11 is 5.58. The second-order valence-corrected chi connectivity index (χ2v) is 11.3. The molecule has 3 aromatic rings. The molecule has 192 valence electrons. The Labute approximate surface area is 210 Å². The van der Waals surface area contributed by atoms with Gasteiger partial charge in [-0.3, -0.25) is 13.8 Å². The number of rotatable bonds is 8. The molecule has 1 amide bonds. The van der Waals surface area contributed by atoms with Crippen molar-refractivity contribution in [2.75, 3.05) is 27.1 Å². The van der Waals surface area contributed by atoms with E-state index in [9.17, 15) is 34.8 Å². The van der Waals surface area contributed by atoms with Gasteiger partial charge in [0.2, 0.25) is 15.9 Å². The Balaban J connectivity index is 1.76. The van der Waals surface area contributed by atoms with Crippen LogP contribution in [0.2, 0.25) is 5.02 Å². The Hall–Kier alpha value is -3.36. The Bertz CT molecular complexity index is 1470. The molecule has 2 N–H and O–H groups in total. The highest BCUT2D eigenvalue weighted by Crippen LogP contribution is 2.37. The van der Waals surface area contributed by atoms with Crippen molar-refractivity contribution in [1.82, 2.24) is 4.98 Å². The number of nitrogens with zero attached hydrogens (tertiary/aromatic N) is 2. The molecule has 1 heterocycles.